The van der Waals surface area contributed by atoms with Crippen molar-refractivity contribution < 1.29 is 18.5 Å². The molecule has 7 nitrogen and oxygen atoms in total. The lowest BCUT2D eigenvalue weighted by atomic mass is 10.2. The number of methoxy groups -OCH3 is 1. The summed E-state index contributed by atoms with van der Waals surface area (Å²) >= 11 is 0. The maximum absolute atomic E-state index is 12.2. The topological polar surface area (TPSA) is 90.4 Å². The number of benzene rings is 2. The second-order valence-corrected chi connectivity index (χ2v) is 5.58. The number of nitrogens with zero attached hydrogens (tertiary/aromatic N) is 2. The average Bonchev–Trinajstić information content (AvgIpc) is 3.33. The van der Waals surface area contributed by atoms with Crippen LogP contribution in [0.5, 0.6) is 5.75 Å². The highest BCUT2D eigenvalue weighted by Crippen LogP contribution is 2.21. The van der Waals surface area contributed by atoms with Crippen LogP contribution in [-0.4, -0.2) is 23.2 Å². The van der Waals surface area contributed by atoms with E-state index in [0.29, 0.717) is 17.3 Å². The molecule has 4 aromatic rings. The lowest BCUT2D eigenvalue weighted by Gasteiger charge is -1.99. The van der Waals surface area contributed by atoms with Gasteiger partial charge < -0.3 is 19.0 Å². The van der Waals surface area contributed by atoms with Gasteiger partial charge in [-0.3, -0.25) is 4.79 Å². The molecule has 130 valence electrons. The molecule has 2 aromatic carbocycles. The molecule has 0 saturated carbocycles. The molecule has 0 aliphatic heterocycles. The van der Waals surface area contributed by atoms with Crippen LogP contribution in [-0.2, 0) is 6.54 Å². The molecule has 4 rings (SSSR count). The van der Waals surface area contributed by atoms with Crippen LogP contribution in [0.15, 0.2) is 63.5 Å². The zero-order valence-corrected chi connectivity index (χ0v) is 13.9. The molecular weight excluding hydrogens is 334 g/mol. The summed E-state index contributed by atoms with van der Waals surface area (Å²) in [6.45, 7) is 0.134. The number of amides is 1. The van der Waals surface area contributed by atoms with E-state index in [4.69, 9.17) is 13.7 Å². The number of carbonyl (C=O) groups is 1. The highest BCUT2D eigenvalue weighted by molar-refractivity contribution is 5.95. The molecule has 2 aromatic heterocycles. The first-order chi connectivity index (χ1) is 12.7. The molecule has 0 radical (unpaired) electrons. The van der Waals surface area contributed by atoms with Crippen LogP contribution >= 0.6 is 0 Å². The minimum Gasteiger partial charge on any atom is -0.497 e. The van der Waals surface area contributed by atoms with Crippen molar-refractivity contribution in [3.05, 3.63) is 66.2 Å². The molecule has 1 N–H and O–H groups in total. The third-order valence-electron chi connectivity index (χ3n) is 3.86. The number of furan rings is 1. The van der Waals surface area contributed by atoms with E-state index in [9.17, 15) is 4.79 Å². The Bertz CT molecular complexity index is 1020. The Hall–Kier alpha value is -3.61. The summed E-state index contributed by atoms with van der Waals surface area (Å²) in [7, 11) is 1.60. The lowest BCUT2D eigenvalue weighted by molar-refractivity contribution is 0.0924. The Kier molecular flexibility index (Phi) is 4.10. The van der Waals surface area contributed by atoms with Gasteiger partial charge in [0.25, 0.3) is 11.8 Å². The number of hydrogen-bond donors (Lipinski definition) is 1. The summed E-state index contributed by atoms with van der Waals surface area (Å²) in [6, 6.07) is 16.4. The van der Waals surface area contributed by atoms with E-state index in [2.05, 4.69) is 15.5 Å². The van der Waals surface area contributed by atoms with E-state index in [0.717, 1.165) is 16.7 Å². The normalized spacial score (nSPS) is 10.8. The minimum absolute atomic E-state index is 0.134. The lowest BCUT2D eigenvalue weighted by Crippen LogP contribution is -2.22. The zero-order valence-electron chi connectivity index (χ0n) is 13.9. The molecule has 7 heteroatoms. The van der Waals surface area contributed by atoms with Gasteiger partial charge >= 0.3 is 0 Å². The smallest absolute Gasteiger partial charge is 0.287 e. The van der Waals surface area contributed by atoms with Crippen molar-refractivity contribution in [1.82, 2.24) is 15.5 Å². The molecule has 0 saturated heterocycles. The van der Waals surface area contributed by atoms with Crippen LogP contribution in [0.4, 0.5) is 0 Å². The molecule has 0 atom stereocenters. The third kappa shape index (κ3) is 3.14. The number of rotatable bonds is 5. The quantitative estimate of drug-likeness (QED) is 0.594. The number of nitrogens with one attached hydrogen (secondary N) is 1. The van der Waals surface area contributed by atoms with Crippen molar-refractivity contribution in [3.8, 4) is 17.2 Å². The summed E-state index contributed by atoms with van der Waals surface area (Å²) in [6.07, 6.45) is 0. The SMILES string of the molecule is COc1ccc(-c2nc(CNC(=O)c3cc4ccccc4o3)no2)cc1. The monoisotopic (exact) mass is 349 g/mol. The molecule has 0 spiro atoms. The fraction of sp³-hybridized carbons (Fsp3) is 0.105. The molecular formula is C19H15N3O4. The molecule has 2 heterocycles. The van der Waals surface area contributed by atoms with Crippen molar-refractivity contribution in [2.75, 3.05) is 7.11 Å². The van der Waals surface area contributed by atoms with Crippen LogP contribution in [0, 0.1) is 0 Å². The second kappa shape index (κ2) is 6.72. The number of para-hydroxylation sites is 1. The first-order valence-corrected chi connectivity index (χ1v) is 7.97. The third-order valence-corrected chi connectivity index (χ3v) is 3.86. The van der Waals surface area contributed by atoms with Gasteiger partial charge in [-0.1, -0.05) is 23.4 Å². The zero-order chi connectivity index (χ0) is 17.9. The summed E-state index contributed by atoms with van der Waals surface area (Å²) < 4.78 is 15.9. The van der Waals surface area contributed by atoms with Crippen LogP contribution < -0.4 is 10.1 Å². The van der Waals surface area contributed by atoms with Crippen molar-refractivity contribution in [1.29, 1.82) is 0 Å². The predicted molar refractivity (Wildman–Crippen MR) is 93.7 cm³/mol. The van der Waals surface area contributed by atoms with E-state index >= 15 is 0 Å². The van der Waals surface area contributed by atoms with Crippen LogP contribution in [0.25, 0.3) is 22.4 Å². The van der Waals surface area contributed by atoms with Crippen LogP contribution in [0.1, 0.15) is 16.4 Å². The first-order valence-electron chi connectivity index (χ1n) is 7.97. The first kappa shape index (κ1) is 15.9. The summed E-state index contributed by atoms with van der Waals surface area (Å²) in [4.78, 5) is 16.5. The van der Waals surface area contributed by atoms with Gasteiger partial charge in [0.2, 0.25) is 0 Å². The molecule has 0 aliphatic rings. The van der Waals surface area contributed by atoms with Gasteiger partial charge in [-0.2, -0.15) is 4.98 Å². The number of fused-ring (bicyclic) bond motifs is 1. The van der Waals surface area contributed by atoms with E-state index in [-0.39, 0.29) is 18.2 Å². The Balaban J connectivity index is 1.43. The van der Waals surface area contributed by atoms with Crippen molar-refractivity contribution in [2.45, 2.75) is 6.54 Å². The van der Waals surface area contributed by atoms with Gasteiger partial charge in [0, 0.05) is 10.9 Å². The molecule has 1 amide bonds. The highest BCUT2D eigenvalue weighted by Gasteiger charge is 2.14. The maximum Gasteiger partial charge on any atom is 0.287 e. The summed E-state index contributed by atoms with van der Waals surface area (Å²) in [5, 5.41) is 7.48. The van der Waals surface area contributed by atoms with Crippen LogP contribution in [0.2, 0.25) is 0 Å². The molecule has 0 bridgehead atoms. The van der Waals surface area contributed by atoms with Gasteiger partial charge in [0.1, 0.15) is 11.3 Å². The summed E-state index contributed by atoms with van der Waals surface area (Å²) in [5.74, 6) is 1.40. The molecule has 0 unspecified atom stereocenters. The molecule has 0 aliphatic carbocycles. The predicted octanol–water partition coefficient (Wildman–Crippen LogP) is 3.42. The van der Waals surface area contributed by atoms with E-state index < -0.39 is 0 Å². The average molecular weight is 349 g/mol. The van der Waals surface area contributed by atoms with E-state index in [1.165, 1.54) is 0 Å². The standard InChI is InChI=1S/C19H15N3O4/c1-24-14-8-6-12(7-9-14)19-21-17(22-26-19)11-20-18(23)16-10-13-4-2-3-5-15(13)25-16/h2-10H,11H2,1H3,(H,20,23). The number of hydrogen-bond acceptors (Lipinski definition) is 6. The Morgan fingerprint density at radius 3 is 2.73 bits per heavy atom. The van der Waals surface area contributed by atoms with Crippen LogP contribution in [0.3, 0.4) is 0 Å². The molecule has 26 heavy (non-hydrogen) atoms. The molecule has 0 fully saturated rings. The number of carbonyl (C=O) groups excluding carboxylic acids is 1. The van der Waals surface area contributed by atoms with Gasteiger partial charge in [-0.15, -0.1) is 0 Å². The van der Waals surface area contributed by atoms with Gasteiger partial charge in [-0.05, 0) is 36.4 Å². The van der Waals surface area contributed by atoms with Gasteiger partial charge in [0.05, 0.1) is 13.7 Å². The fourth-order valence-corrected chi connectivity index (χ4v) is 2.52. The van der Waals surface area contributed by atoms with Crippen molar-refractivity contribution in [2.24, 2.45) is 0 Å². The van der Waals surface area contributed by atoms with Crippen molar-refractivity contribution >= 4 is 16.9 Å². The summed E-state index contributed by atoms with van der Waals surface area (Å²) in [5.41, 5.74) is 1.44. The van der Waals surface area contributed by atoms with E-state index in [1.54, 1.807) is 13.2 Å². The van der Waals surface area contributed by atoms with Gasteiger partial charge in [0.15, 0.2) is 11.6 Å². The maximum atomic E-state index is 12.2. The van der Waals surface area contributed by atoms with E-state index in [1.807, 2.05) is 48.5 Å². The van der Waals surface area contributed by atoms with Crippen molar-refractivity contribution in [3.63, 3.8) is 0 Å². The Morgan fingerprint density at radius 1 is 1.15 bits per heavy atom. The fourth-order valence-electron chi connectivity index (χ4n) is 2.52. The Morgan fingerprint density at radius 2 is 1.96 bits per heavy atom. The Labute approximate surface area is 148 Å². The number of aromatic nitrogens is 2. The van der Waals surface area contributed by atoms with Gasteiger partial charge in [-0.25, -0.2) is 0 Å². The second-order valence-electron chi connectivity index (χ2n) is 5.58. The minimum atomic E-state index is -0.336. The highest BCUT2D eigenvalue weighted by atomic mass is 16.5. The largest absolute Gasteiger partial charge is 0.497 e. The number of ether oxygens (including phenoxy) is 1.